The fraction of sp³-hybridized carbons (Fsp3) is 0.192. The Bertz CT molecular complexity index is 1270. The molecule has 3 rings (SSSR count). The Morgan fingerprint density at radius 2 is 1.42 bits per heavy atom. The molecule has 3 N–H and O–H groups in total. The first kappa shape index (κ1) is 27.0. The normalized spacial score (nSPS) is 10.9. The first-order valence-corrected chi connectivity index (χ1v) is 13.1. The minimum absolute atomic E-state index is 0.0373. The largest absolute Gasteiger partial charge is 0.465 e. The molecule has 0 aromatic heterocycles. The second-order valence-corrected chi connectivity index (χ2v) is 9.97. The van der Waals surface area contributed by atoms with Crippen molar-refractivity contribution in [3.63, 3.8) is 0 Å². The van der Waals surface area contributed by atoms with Gasteiger partial charge in [-0.1, -0.05) is 60.7 Å². The van der Waals surface area contributed by atoms with Gasteiger partial charge in [0.2, 0.25) is 15.9 Å². The number of rotatable bonds is 11. The maximum absolute atomic E-state index is 12.5. The lowest BCUT2D eigenvalue weighted by atomic mass is 10.2. The molecule has 0 spiro atoms. The number of anilines is 1. The van der Waals surface area contributed by atoms with Crippen molar-refractivity contribution in [2.24, 2.45) is 0 Å². The third kappa shape index (κ3) is 9.21. The van der Waals surface area contributed by atoms with Crippen LogP contribution in [0.25, 0.3) is 0 Å². The molecular weight excluding hydrogens is 498 g/mol. The molecule has 0 heterocycles. The van der Waals surface area contributed by atoms with Crippen LogP contribution in [-0.2, 0) is 37.3 Å². The number of esters is 1. The number of ether oxygens (including phenoxy) is 1. The molecule has 0 saturated heterocycles. The molecule has 3 aromatic rings. The minimum Gasteiger partial charge on any atom is -0.465 e. The topological polar surface area (TPSA) is 114 Å². The van der Waals surface area contributed by atoms with E-state index in [2.05, 4.69) is 15.4 Å². The number of carbonyl (C=O) groups is 2. The predicted octanol–water partition coefficient (Wildman–Crippen LogP) is 3.54. The molecule has 188 valence electrons. The van der Waals surface area contributed by atoms with E-state index in [-0.39, 0.29) is 36.0 Å². The number of hydrogen-bond acceptors (Lipinski definition) is 6. The lowest BCUT2D eigenvalue weighted by Crippen LogP contribution is -2.34. The molecule has 0 saturated carbocycles. The number of nitrogens with one attached hydrogen (secondary N) is 3. The second-order valence-electron chi connectivity index (χ2n) is 7.79. The Morgan fingerprint density at radius 1 is 0.806 bits per heavy atom. The number of amides is 1. The van der Waals surface area contributed by atoms with Crippen LogP contribution in [-0.4, -0.2) is 32.0 Å². The van der Waals surface area contributed by atoms with Crippen LogP contribution in [0.15, 0.2) is 89.8 Å². The van der Waals surface area contributed by atoms with E-state index >= 15 is 0 Å². The Kier molecular flexibility index (Phi) is 10.1. The summed E-state index contributed by atoms with van der Waals surface area (Å²) in [6.45, 7) is 0.428. The fourth-order valence-corrected chi connectivity index (χ4v) is 4.39. The monoisotopic (exact) mass is 525 g/mol. The van der Waals surface area contributed by atoms with Gasteiger partial charge in [-0.2, -0.15) is 0 Å². The summed E-state index contributed by atoms with van der Waals surface area (Å²) < 4.78 is 32.7. The Labute approximate surface area is 216 Å². The summed E-state index contributed by atoms with van der Waals surface area (Å²) in [4.78, 5) is 24.0. The molecular formula is C26H27N3O5S2. The van der Waals surface area contributed by atoms with Crippen molar-refractivity contribution < 1.29 is 22.7 Å². The van der Waals surface area contributed by atoms with E-state index in [1.54, 1.807) is 12.1 Å². The summed E-state index contributed by atoms with van der Waals surface area (Å²) in [6, 6.07) is 24.8. The third-order valence-corrected chi connectivity index (χ3v) is 6.66. The van der Waals surface area contributed by atoms with Crippen molar-refractivity contribution >= 4 is 44.9 Å². The van der Waals surface area contributed by atoms with Gasteiger partial charge in [-0.15, -0.1) is 0 Å². The molecule has 8 nitrogen and oxygen atoms in total. The third-order valence-electron chi connectivity index (χ3n) is 5.04. The number of sulfonamides is 1. The molecule has 0 aliphatic carbocycles. The summed E-state index contributed by atoms with van der Waals surface area (Å²) in [5, 5.41) is 5.35. The van der Waals surface area contributed by atoms with Gasteiger partial charge in [0, 0.05) is 25.1 Å². The summed E-state index contributed by atoms with van der Waals surface area (Å²) in [5.41, 5.74) is 2.41. The van der Waals surface area contributed by atoms with Gasteiger partial charge in [0.15, 0.2) is 5.11 Å². The second kappa shape index (κ2) is 13.5. The van der Waals surface area contributed by atoms with Crippen LogP contribution >= 0.6 is 12.2 Å². The highest BCUT2D eigenvalue weighted by Gasteiger charge is 2.14. The van der Waals surface area contributed by atoms with E-state index in [4.69, 9.17) is 17.0 Å². The molecule has 36 heavy (non-hydrogen) atoms. The SMILES string of the molecule is O=C(CCC(=O)OCCc1ccccc1)NC(=S)Nc1ccc(S(=O)(=O)NCc2ccccc2)cc1. The van der Waals surface area contributed by atoms with Crippen LogP contribution in [0.5, 0.6) is 0 Å². The van der Waals surface area contributed by atoms with Crippen LogP contribution in [0.2, 0.25) is 0 Å². The van der Waals surface area contributed by atoms with Crippen LogP contribution in [0.3, 0.4) is 0 Å². The molecule has 0 atom stereocenters. The van der Waals surface area contributed by atoms with Gasteiger partial charge in [-0.25, -0.2) is 13.1 Å². The van der Waals surface area contributed by atoms with Crippen molar-refractivity contribution in [1.29, 1.82) is 0 Å². The van der Waals surface area contributed by atoms with Crippen molar-refractivity contribution in [3.8, 4) is 0 Å². The molecule has 1 amide bonds. The smallest absolute Gasteiger partial charge is 0.306 e. The first-order chi connectivity index (χ1) is 17.3. The van der Waals surface area contributed by atoms with E-state index in [1.165, 1.54) is 12.1 Å². The fourth-order valence-electron chi connectivity index (χ4n) is 3.14. The maximum Gasteiger partial charge on any atom is 0.306 e. The molecule has 0 unspecified atom stereocenters. The standard InChI is InChI=1S/C26H27N3O5S2/c30-24(15-16-25(31)34-18-17-20-7-3-1-4-8-20)29-26(35)28-22-11-13-23(14-12-22)36(32,33)27-19-21-9-5-2-6-10-21/h1-14,27H,15-19H2,(H2,28,29,30,35). The Balaban J connectivity index is 1.37. The van der Waals surface area contributed by atoms with Gasteiger partial charge < -0.3 is 15.4 Å². The zero-order valence-corrected chi connectivity index (χ0v) is 21.1. The van der Waals surface area contributed by atoms with Crippen LogP contribution in [0, 0.1) is 0 Å². The molecule has 0 radical (unpaired) electrons. The van der Waals surface area contributed by atoms with Crippen LogP contribution in [0.1, 0.15) is 24.0 Å². The maximum atomic E-state index is 12.5. The van der Waals surface area contributed by atoms with Crippen molar-refractivity contribution in [3.05, 3.63) is 96.1 Å². The van der Waals surface area contributed by atoms with Gasteiger partial charge in [0.05, 0.1) is 17.9 Å². The summed E-state index contributed by atoms with van der Waals surface area (Å²) in [7, 11) is -3.69. The molecule has 10 heteroatoms. The van der Waals surface area contributed by atoms with E-state index in [9.17, 15) is 18.0 Å². The predicted molar refractivity (Wildman–Crippen MR) is 142 cm³/mol. The highest BCUT2D eigenvalue weighted by atomic mass is 32.2. The molecule has 0 aliphatic heterocycles. The van der Waals surface area contributed by atoms with Gasteiger partial charge in [-0.3, -0.25) is 9.59 Å². The number of carbonyl (C=O) groups excluding carboxylic acids is 2. The number of benzene rings is 3. The molecule has 3 aromatic carbocycles. The van der Waals surface area contributed by atoms with Gasteiger partial charge in [0.1, 0.15) is 0 Å². The van der Waals surface area contributed by atoms with Gasteiger partial charge in [0.25, 0.3) is 0 Å². The Morgan fingerprint density at radius 3 is 2.06 bits per heavy atom. The average Bonchev–Trinajstić information content (AvgIpc) is 2.88. The van der Waals surface area contributed by atoms with Crippen LogP contribution in [0.4, 0.5) is 5.69 Å². The quantitative estimate of drug-likeness (QED) is 0.259. The molecule has 0 fully saturated rings. The lowest BCUT2D eigenvalue weighted by molar-refractivity contribution is -0.144. The van der Waals surface area contributed by atoms with E-state index in [0.29, 0.717) is 12.1 Å². The van der Waals surface area contributed by atoms with Crippen molar-refractivity contribution in [2.75, 3.05) is 11.9 Å². The molecule has 0 aliphatic rings. The van der Waals surface area contributed by atoms with E-state index in [1.807, 2.05) is 60.7 Å². The number of thiocarbonyl (C=S) groups is 1. The van der Waals surface area contributed by atoms with E-state index < -0.39 is 21.9 Å². The van der Waals surface area contributed by atoms with Crippen LogP contribution < -0.4 is 15.4 Å². The lowest BCUT2D eigenvalue weighted by Gasteiger charge is -2.11. The zero-order valence-electron chi connectivity index (χ0n) is 19.5. The number of hydrogen-bond donors (Lipinski definition) is 3. The average molecular weight is 526 g/mol. The summed E-state index contributed by atoms with van der Waals surface area (Å²) >= 11 is 5.13. The first-order valence-electron chi connectivity index (χ1n) is 11.3. The Hall–Kier alpha value is -3.60. The molecule has 0 bridgehead atoms. The van der Waals surface area contributed by atoms with Gasteiger partial charge >= 0.3 is 5.97 Å². The summed E-state index contributed by atoms with van der Waals surface area (Å²) in [5.74, 6) is -0.894. The summed E-state index contributed by atoms with van der Waals surface area (Å²) in [6.07, 6.45) is 0.470. The minimum atomic E-state index is -3.69. The van der Waals surface area contributed by atoms with E-state index in [0.717, 1.165) is 11.1 Å². The highest BCUT2D eigenvalue weighted by Crippen LogP contribution is 2.14. The van der Waals surface area contributed by atoms with Crippen molar-refractivity contribution in [1.82, 2.24) is 10.0 Å². The highest BCUT2D eigenvalue weighted by molar-refractivity contribution is 7.89. The van der Waals surface area contributed by atoms with Crippen molar-refractivity contribution in [2.45, 2.75) is 30.7 Å². The van der Waals surface area contributed by atoms with Gasteiger partial charge in [-0.05, 0) is 47.6 Å². The zero-order chi connectivity index (χ0) is 25.8.